The van der Waals surface area contributed by atoms with Crippen LogP contribution in [0.15, 0.2) is 65.1 Å². The maximum Gasteiger partial charge on any atom is 0.267 e. The van der Waals surface area contributed by atoms with Crippen LogP contribution in [-0.2, 0) is 4.79 Å². The molecule has 3 rings (SSSR count). The minimum Gasteiger partial charge on any atom is -0.497 e. The van der Waals surface area contributed by atoms with Gasteiger partial charge in [0.15, 0.2) is 11.0 Å². The van der Waals surface area contributed by atoms with E-state index in [1.807, 2.05) is 24.3 Å². The predicted octanol–water partition coefficient (Wildman–Crippen LogP) is 3.89. The van der Waals surface area contributed by atoms with Crippen molar-refractivity contribution >= 4 is 34.7 Å². The third-order valence-electron chi connectivity index (χ3n) is 3.78. The zero-order valence-corrected chi connectivity index (χ0v) is 15.9. The van der Waals surface area contributed by atoms with E-state index in [1.165, 1.54) is 11.8 Å². The molecule has 7 heteroatoms. The first-order chi connectivity index (χ1) is 13.2. The lowest BCUT2D eigenvalue weighted by atomic mass is 10.1. The Hall–Kier alpha value is -3.06. The summed E-state index contributed by atoms with van der Waals surface area (Å²) in [6, 6.07) is 10.9. The minimum atomic E-state index is -0.139. The van der Waals surface area contributed by atoms with Crippen molar-refractivity contribution in [2.75, 3.05) is 20.8 Å². The fraction of sp³-hybridized carbons (Fsp3) is 0.150. The molecule has 0 spiro atoms. The van der Waals surface area contributed by atoms with Crippen LogP contribution >= 0.6 is 11.8 Å². The molecule has 1 saturated heterocycles. The van der Waals surface area contributed by atoms with Gasteiger partial charge in [-0.15, -0.1) is 6.58 Å². The van der Waals surface area contributed by atoms with Gasteiger partial charge in [-0.1, -0.05) is 12.1 Å². The Kier molecular flexibility index (Phi) is 5.93. The lowest BCUT2D eigenvalue weighted by Gasteiger charge is -2.12. The monoisotopic (exact) mass is 381 g/mol. The number of methoxy groups -OCH3 is 2. The number of pyridine rings is 1. The Morgan fingerprint density at radius 2 is 2.11 bits per heavy atom. The van der Waals surface area contributed by atoms with Gasteiger partial charge in [0.2, 0.25) is 0 Å². The Morgan fingerprint density at radius 3 is 2.78 bits per heavy atom. The van der Waals surface area contributed by atoms with Crippen LogP contribution < -0.4 is 9.47 Å². The van der Waals surface area contributed by atoms with Crippen LogP contribution in [0.3, 0.4) is 0 Å². The predicted molar refractivity (Wildman–Crippen MR) is 108 cm³/mol. The summed E-state index contributed by atoms with van der Waals surface area (Å²) in [6.07, 6.45) is 5.11. The van der Waals surface area contributed by atoms with Gasteiger partial charge in [0.05, 0.1) is 19.1 Å². The summed E-state index contributed by atoms with van der Waals surface area (Å²) in [6.45, 7) is 4.09. The van der Waals surface area contributed by atoms with Crippen molar-refractivity contribution < 1.29 is 14.3 Å². The lowest BCUT2D eigenvalue weighted by Crippen LogP contribution is -2.29. The standard InChI is InChI=1S/C20H19N3O3S/c1-4-11-23-19(24)17(27-20(23)22-18-7-5-6-10-21-18)13-14-12-15(25-2)8-9-16(14)26-3/h4-10,12-13H,1,11H2,2-3H3/b17-13-,22-20+. The molecule has 0 atom stereocenters. The van der Waals surface area contributed by atoms with Crippen molar-refractivity contribution in [1.29, 1.82) is 0 Å². The number of rotatable bonds is 6. The van der Waals surface area contributed by atoms with Gasteiger partial charge in [0, 0.05) is 18.3 Å². The van der Waals surface area contributed by atoms with Crippen molar-refractivity contribution in [2.45, 2.75) is 0 Å². The quantitative estimate of drug-likeness (QED) is 0.561. The number of aliphatic imine (C=N–C) groups is 1. The van der Waals surface area contributed by atoms with E-state index in [9.17, 15) is 4.79 Å². The van der Waals surface area contributed by atoms with E-state index in [-0.39, 0.29) is 5.91 Å². The molecule has 0 aliphatic carbocycles. The summed E-state index contributed by atoms with van der Waals surface area (Å²) in [5.74, 6) is 1.74. The molecule has 138 valence electrons. The topological polar surface area (TPSA) is 64.0 Å². The second-order valence-corrected chi connectivity index (χ2v) is 6.51. The summed E-state index contributed by atoms with van der Waals surface area (Å²) >= 11 is 1.29. The zero-order chi connectivity index (χ0) is 19.2. The number of carbonyl (C=O) groups excluding carboxylic acids is 1. The number of thioether (sulfide) groups is 1. The molecule has 1 aromatic carbocycles. The molecule has 6 nitrogen and oxygen atoms in total. The SMILES string of the molecule is C=CCN1C(=O)/C(=C/c2cc(OC)ccc2OC)S/C1=N/c1ccccn1. The van der Waals surface area contributed by atoms with Crippen molar-refractivity contribution in [3.63, 3.8) is 0 Å². The van der Waals surface area contributed by atoms with Crippen molar-refractivity contribution in [3.8, 4) is 11.5 Å². The third-order valence-corrected chi connectivity index (χ3v) is 4.79. The third kappa shape index (κ3) is 4.20. The highest BCUT2D eigenvalue weighted by atomic mass is 32.2. The van der Waals surface area contributed by atoms with Crippen LogP contribution in [0.25, 0.3) is 6.08 Å². The van der Waals surface area contributed by atoms with E-state index < -0.39 is 0 Å². The number of ether oxygens (including phenoxy) is 2. The van der Waals surface area contributed by atoms with Gasteiger partial charge >= 0.3 is 0 Å². The van der Waals surface area contributed by atoms with E-state index in [4.69, 9.17) is 9.47 Å². The molecule has 0 unspecified atom stereocenters. The smallest absolute Gasteiger partial charge is 0.267 e. The Balaban J connectivity index is 2.00. The first-order valence-electron chi connectivity index (χ1n) is 8.20. The molecule has 27 heavy (non-hydrogen) atoms. The number of carbonyl (C=O) groups is 1. The number of hydrogen-bond donors (Lipinski definition) is 0. The fourth-order valence-corrected chi connectivity index (χ4v) is 3.48. The Labute approximate surface area is 162 Å². The molecule has 1 aromatic heterocycles. The molecule has 2 heterocycles. The van der Waals surface area contributed by atoms with Crippen LogP contribution in [0.5, 0.6) is 11.5 Å². The first kappa shape index (κ1) is 18.7. The number of benzene rings is 1. The van der Waals surface area contributed by atoms with Crippen molar-refractivity contribution in [3.05, 3.63) is 65.7 Å². The maximum absolute atomic E-state index is 12.9. The lowest BCUT2D eigenvalue weighted by molar-refractivity contribution is -0.121. The summed E-state index contributed by atoms with van der Waals surface area (Å²) in [7, 11) is 3.18. The van der Waals surface area contributed by atoms with Crippen LogP contribution in [0, 0.1) is 0 Å². The van der Waals surface area contributed by atoms with Gasteiger partial charge < -0.3 is 9.47 Å². The van der Waals surface area contributed by atoms with E-state index in [2.05, 4.69) is 16.6 Å². The molecular formula is C20H19N3O3S. The van der Waals surface area contributed by atoms with Gasteiger partial charge in [-0.2, -0.15) is 0 Å². The molecule has 1 aliphatic heterocycles. The van der Waals surface area contributed by atoms with E-state index in [0.717, 1.165) is 5.56 Å². The summed E-state index contributed by atoms with van der Waals surface area (Å²) in [4.78, 5) is 23.7. The molecular weight excluding hydrogens is 362 g/mol. The molecule has 2 aromatic rings. The highest BCUT2D eigenvalue weighted by Gasteiger charge is 2.33. The first-order valence-corrected chi connectivity index (χ1v) is 9.02. The number of amidine groups is 1. The largest absolute Gasteiger partial charge is 0.497 e. The summed E-state index contributed by atoms with van der Waals surface area (Å²) in [5.41, 5.74) is 0.755. The molecule has 1 aliphatic rings. The van der Waals surface area contributed by atoms with Gasteiger partial charge in [-0.05, 0) is 48.2 Å². The molecule has 1 amide bonds. The minimum absolute atomic E-state index is 0.139. The van der Waals surface area contributed by atoms with Crippen LogP contribution in [-0.4, -0.2) is 41.7 Å². The van der Waals surface area contributed by atoms with Crippen LogP contribution in [0.4, 0.5) is 5.82 Å². The number of nitrogens with zero attached hydrogens (tertiary/aromatic N) is 3. The number of amides is 1. The van der Waals surface area contributed by atoms with Crippen molar-refractivity contribution in [2.24, 2.45) is 4.99 Å². The van der Waals surface area contributed by atoms with E-state index >= 15 is 0 Å². The highest BCUT2D eigenvalue weighted by molar-refractivity contribution is 8.18. The van der Waals surface area contributed by atoms with Gasteiger partial charge in [0.1, 0.15) is 11.5 Å². The normalized spacial score (nSPS) is 16.8. The molecule has 0 bridgehead atoms. The van der Waals surface area contributed by atoms with Gasteiger partial charge in [0.25, 0.3) is 5.91 Å². The fourth-order valence-electron chi connectivity index (χ4n) is 2.49. The van der Waals surface area contributed by atoms with Crippen molar-refractivity contribution in [1.82, 2.24) is 9.88 Å². The molecule has 0 saturated carbocycles. The van der Waals surface area contributed by atoms with Crippen LogP contribution in [0.2, 0.25) is 0 Å². The highest BCUT2D eigenvalue weighted by Crippen LogP contribution is 2.36. The van der Waals surface area contributed by atoms with Gasteiger partial charge in [-0.25, -0.2) is 9.98 Å². The molecule has 0 radical (unpaired) electrons. The number of aromatic nitrogens is 1. The molecule has 0 N–H and O–H groups in total. The average molecular weight is 381 g/mol. The average Bonchev–Trinajstić information content (AvgIpc) is 2.98. The Bertz CT molecular complexity index is 910. The zero-order valence-electron chi connectivity index (χ0n) is 15.1. The Morgan fingerprint density at radius 1 is 1.26 bits per heavy atom. The van der Waals surface area contributed by atoms with E-state index in [0.29, 0.717) is 33.9 Å². The summed E-state index contributed by atoms with van der Waals surface area (Å²) < 4.78 is 10.7. The number of hydrogen-bond acceptors (Lipinski definition) is 6. The molecule has 1 fully saturated rings. The second kappa shape index (κ2) is 8.55. The van der Waals surface area contributed by atoms with Gasteiger partial charge in [-0.3, -0.25) is 9.69 Å². The maximum atomic E-state index is 12.9. The van der Waals surface area contributed by atoms with E-state index in [1.54, 1.807) is 49.6 Å². The second-order valence-electron chi connectivity index (χ2n) is 5.51. The van der Waals surface area contributed by atoms with Crippen LogP contribution in [0.1, 0.15) is 5.56 Å². The summed E-state index contributed by atoms with van der Waals surface area (Å²) in [5, 5.41) is 0.562.